The summed E-state index contributed by atoms with van der Waals surface area (Å²) in [6.45, 7) is 6.12. The van der Waals surface area contributed by atoms with Crippen LogP contribution in [0.25, 0.3) is 0 Å². The number of methoxy groups -OCH3 is 1. The molecule has 0 fully saturated rings. The Hall–Kier alpha value is -1.03. The lowest BCUT2D eigenvalue weighted by Gasteiger charge is -2.15. The Balaban J connectivity index is 3.34. The highest BCUT2D eigenvalue weighted by molar-refractivity contribution is 7.89. The Morgan fingerprint density at radius 1 is 1.29 bits per heavy atom. The zero-order chi connectivity index (χ0) is 13.2. The van der Waals surface area contributed by atoms with Gasteiger partial charge >= 0.3 is 0 Å². The largest absolute Gasteiger partial charge is 0.496 e. The Labute approximate surface area is 104 Å². The molecule has 0 aromatic heterocycles. The van der Waals surface area contributed by atoms with E-state index >= 15 is 0 Å². The van der Waals surface area contributed by atoms with E-state index in [0.29, 0.717) is 11.7 Å². The summed E-state index contributed by atoms with van der Waals surface area (Å²) in [5, 5.41) is 0. The van der Waals surface area contributed by atoms with E-state index in [1.165, 1.54) is 6.26 Å². The highest BCUT2D eigenvalue weighted by Gasteiger charge is 2.14. The van der Waals surface area contributed by atoms with Crippen LogP contribution in [0.4, 0.5) is 0 Å². The second kappa shape index (κ2) is 5.08. The summed E-state index contributed by atoms with van der Waals surface area (Å²) >= 11 is 0. The third-order valence-electron chi connectivity index (χ3n) is 2.66. The average Bonchev–Trinajstić information content (AvgIpc) is 2.14. The number of aryl methyl sites for hydroxylation is 1. The molecule has 0 spiro atoms. The average molecular weight is 256 g/mol. The number of ether oxygens (including phenoxy) is 1. The van der Waals surface area contributed by atoms with E-state index in [-0.39, 0.29) is 5.75 Å². The number of hydrogen-bond acceptors (Lipinski definition) is 3. The van der Waals surface area contributed by atoms with Crippen molar-refractivity contribution in [3.05, 3.63) is 28.8 Å². The van der Waals surface area contributed by atoms with Crippen LogP contribution in [-0.2, 0) is 15.6 Å². The van der Waals surface area contributed by atoms with E-state index < -0.39 is 9.84 Å². The molecule has 1 aromatic carbocycles. The fourth-order valence-electron chi connectivity index (χ4n) is 1.89. The van der Waals surface area contributed by atoms with Gasteiger partial charge in [-0.2, -0.15) is 0 Å². The van der Waals surface area contributed by atoms with Crippen molar-refractivity contribution in [3.8, 4) is 5.75 Å². The van der Waals surface area contributed by atoms with Crippen molar-refractivity contribution in [1.29, 1.82) is 0 Å². The number of hydrogen-bond donors (Lipinski definition) is 0. The molecule has 0 bridgehead atoms. The van der Waals surface area contributed by atoms with Crippen molar-refractivity contribution in [2.24, 2.45) is 0 Å². The first-order valence-electron chi connectivity index (χ1n) is 5.59. The maximum Gasteiger partial charge on any atom is 0.151 e. The highest BCUT2D eigenvalue weighted by atomic mass is 32.2. The van der Waals surface area contributed by atoms with Gasteiger partial charge in [0.1, 0.15) is 5.75 Å². The molecule has 17 heavy (non-hydrogen) atoms. The minimum Gasteiger partial charge on any atom is -0.496 e. The van der Waals surface area contributed by atoms with E-state index in [2.05, 4.69) is 19.9 Å². The maximum atomic E-state index is 11.4. The minimum atomic E-state index is -3.05. The van der Waals surface area contributed by atoms with Crippen LogP contribution in [0.3, 0.4) is 0 Å². The number of benzene rings is 1. The molecule has 0 heterocycles. The van der Waals surface area contributed by atoms with Crippen molar-refractivity contribution in [2.45, 2.75) is 32.4 Å². The van der Waals surface area contributed by atoms with Crippen molar-refractivity contribution in [2.75, 3.05) is 13.4 Å². The smallest absolute Gasteiger partial charge is 0.151 e. The van der Waals surface area contributed by atoms with Gasteiger partial charge in [-0.3, -0.25) is 0 Å². The van der Waals surface area contributed by atoms with E-state index in [9.17, 15) is 8.42 Å². The van der Waals surface area contributed by atoms with Gasteiger partial charge in [0.05, 0.1) is 12.9 Å². The van der Waals surface area contributed by atoms with Gasteiger partial charge in [-0.15, -0.1) is 0 Å². The second-order valence-corrected chi connectivity index (χ2v) is 6.90. The Bertz CT molecular complexity index is 502. The molecule has 0 atom stereocenters. The SMILES string of the molecule is COc1c(C)cc(C(C)C)cc1CS(C)(=O)=O. The zero-order valence-electron chi connectivity index (χ0n) is 11.1. The summed E-state index contributed by atoms with van der Waals surface area (Å²) in [7, 11) is -1.48. The van der Waals surface area contributed by atoms with E-state index in [4.69, 9.17) is 4.74 Å². The fourth-order valence-corrected chi connectivity index (χ4v) is 2.67. The predicted molar refractivity (Wildman–Crippen MR) is 70.4 cm³/mol. The molecule has 3 nitrogen and oxygen atoms in total. The molecule has 0 saturated carbocycles. The summed E-state index contributed by atoms with van der Waals surface area (Å²) in [5.74, 6) is 1.08. The first kappa shape index (κ1) is 14.0. The second-order valence-electron chi connectivity index (χ2n) is 4.75. The first-order chi connectivity index (χ1) is 7.74. The van der Waals surface area contributed by atoms with Crippen LogP contribution in [-0.4, -0.2) is 21.8 Å². The molecule has 0 unspecified atom stereocenters. The van der Waals surface area contributed by atoms with Gasteiger partial charge in [0.15, 0.2) is 9.84 Å². The molecule has 4 heteroatoms. The van der Waals surface area contributed by atoms with Gasteiger partial charge in [0.25, 0.3) is 0 Å². The van der Waals surface area contributed by atoms with Crippen molar-refractivity contribution >= 4 is 9.84 Å². The van der Waals surface area contributed by atoms with E-state index in [1.54, 1.807) is 7.11 Å². The van der Waals surface area contributed by atoms with E-state index in [1.807, 2.05) is 13.0 Å². The zero-order valence-corrected chi connectivity index (χ0v) is 11.9. The Morgan fingerprint density at radius 2 is 1.88 bits per heavy atom. The highest BCUT2D eigenvalue weighted by Crippen LogP contribution is 2.29. The molecular formula is C13H20O3S. The summed E-state index contributed by atoms with van der Waals surface area (Å²) < 4.78 is 28.1. The van der Waals surface area contributed by atoms with E-state index in [0.717, 1.165) is 16.7 Å². The monoisotopic (exact) mass is 256 g/mol. The van der Waals surface area contributed by atoms with Gasteiger partial charge in [-0.05, 0) is 24.0 Å². The summed E-state index contributed by atoms with van der Waals surface area (Å²) in [6, 6.07) is 3.98. The molecule has 96 valence electrons. The van der Waals surface area contributed by atoms with Crippen LogP contribution in [0.5, 0.6) is 5.75 Å². The lowest BCUT2D eigenvalue weighted by molar-refractivity contribution is 0.407. The quantitative estimate of drug-likeness (QED) is 0.832. The van der Waals surface area contributed by atoms with Crippen molar-refractivity contribution in [3.63, 3.8) is 0 Å². The molecule has 1 aromatic rings. The van der Waals surface area contributed by atoms with Gasteiger partial charge in [0, 0.05) is 11.8 Å². The Kier molecular flexibility index (Phi) is 4.20. The summed E-state index contributed by atoms with van der Waals surface area (Å²) in [5.41, 5.74) is 2.87. The fraction of sp³-hybridized carbons (Fsp3) is 0.538. The molecular weight excluding hydrogens is 236 g/mol. The van der Waals surface area contributed by atoms with Gasteiger partial charge in [-0.1, -0.05) is 26.0 Å². The van der Waals surface area contributed by atoms with Gasteiger partial charge in [0.2, 0.25) is 0 Å². The molecule has 0 aliphatic carbocycles. The third kappa shape index (κ3) is 3.73. The third-order valence-corrected chi connectivity index (χ3v) is 3.50. The summed E-state index contributed by atoms with van der Waals surface area (Å²) in [6.07, 6.45) is 1.24. The number of rotatable bonds is 4. The lowest BCUT2D eigenvalue weighted by atomic mass is 9.98. The van der Waals surface area contributed by atoms with Crippen LogP contribution in [0.2, 0.25) is 0 Å². The van der Waals surface area contributed by atoms with Crippen molar-refractivity contribution < 1.29 is 13.2 Å². The molecule has 0 saturated heterocycles. The Morgan fingerprint density at radius 3 is 2.29 bits per heavy atom. The predicted octanol–water partition coefficient (Wildman–Crippen LogP) is 2.67. The lowest BCUT2D eigenvalue weighted by Crippen LogP contribution is -2.05. The first-order valence-corrected chi connectivity index (χ1v) is 7.65. The standard InChI is InChI=1S/C13H20O3S/c1-9(2)11-6-10(3)13(16-4)12(7-11)8-17(5,14)15/h6-7,9H,8H2,1-5H3. The van der Waals surface area contributed by atoms with Crippen molar-refractivity contribution in [1.82, 2.24) is 0 Å². The maximum absolute atomic E-state index is 11.4. The summed E-state index contributed by atoms with van der Waals surface area (Å²) in [4.78, 5) is 0. The molecule has 1 rings (SSSR count). The van der Waals surface area contributed by atoms with Crippen LogP contribution in [0.15, 0.2) is 12.1 Å². The minimum absolute atomic E-state index is 0.0254. The topological polar surface area (TPSA) is 43.4 Å². The molecule has 0 aliphatic heterocycles. The van der Waals surface area contributed by atoms with Crippen LogP contribution in [0, 0.1) is 6.92 Å². The van der Waals surface area contributed by atoms with Gasteiger partial charge in [-0.25, -0.2) is 8.42 Å². The van der Waals surface area contributed by atoms with Crippen LogP contribution < -0.4 is 4.74 Å². The van der Waals surface area contributed by atoms with Crippen LogP contribution in [0.1, 0.15) is 36.5 Å². The van der Waals surface area contributed by atoms with Crippen LogP contribution >= 0.6 is 0 Å². The molecule has 0 aliphatic rings. The number of sulfone groups is 1. The van der Waals surface area contributed by atoms with Gasteiger partial charge < -0.3 is 4.74 Å². The normalized spacial score (nSPS) is 11.9. The molecule has 0 amide bonds. The molecule has 0 radical (unpaired) electrons. The molecule has 0 N–H and O–H groups in total.